The molecule has 0 saturated heterocycles. The van der Waals surface area contributed by atoms with E-state index in [9.17, 15) is 13.6 Å². The number of benzene rings is 1. The number of methoxy groups -OCH3 is 1. The third kappa shape index (κ3) is 4.01. The van der Waals surface area contributed by atoms with Gasteiger partial charge in [0.1, 0.15) is 16.6 Å². The summed E-state index contributed by atoms with van der Waals surface area (Å²) in [6.07, 6.45) is -1.16. The highest BCUT2D eigenvalue weighted by Crippen LogP contribution is 2.43. The van der Waals surface area contributed by atoms with E-state index in [-0.39, 0.29) is 18.4 Å². The van der Waals surface area contributed by atoms with Crippen molar-refractivity contribution in [2.24, 2.45) is 0 Å². The van der Waals surface area contributed by atoms with E-state index in [2.05, 4.69) is 4.98 Å². The van der Waals surface area contributed by atoms with Crippen LogP contribution >= 0.6 is 11.8 Å². The first-order chi connectivity index (χ1) is 14.9. The summed E-state index contributed by atoms with van der Waals surface area (Å²) < 4.78 is 32.7. The highest BCUT2D eigenvalue weighted by Gasteiger charge is 2.28. The van der Waals surface area contributed by atoms with E-state index in [0.29, 0.717) is 34.3 Å². The molecule has 4 rings (SSSR count). The molecule has 1 aromatic carbocycles. The number of hydrogen-bond acceptors (Lipinski definition) is 6. The second-order valence-electron chi connectivity index (χ2n) is 7.32. The SMILES string of the molecule is COc1ccc(-n2c(CCC(F)F)nc3c(c2=O)CSc2nccc(N(C)C)c2-3)cc1. The van der Waals surface area contributed by atoms with E-state index in [1.165, 1.54) is 16.3 Å². The fourth-order valence-electron chi connectivity index (χ4n) is 3.62. The van der Waals surface area contributed by atoms with E-state index in [1.54, 1.807) is 37.6 Å². The van der Waals surface area contributed by atoms with Crippen LogP contribution in [-0.4, -0.2) is 42.2 Å². The van der Waals surface area contributed by atoms with Crippen molar-refractivity contribution in [2.75, 3.05) is 26.1 Å². The van der Waals surface area contributed by atoms with E-state index < -0.39 is 6.43 Å². The number of hydrogen-bond donors (Lipinski definition) is 0. The summed E-state index contributed by atoms with van der Waals surface area (Å²) in [6, 6.07) is 8.80. The Balaban J connectivity index is 1.96. The van der Waals surface area contributed by atoms with Gasteiger partial charge in [0.2, 0.25) is 6.43 Å². The molecule has 0 amide bonds. The van der Waals surface area contributed by atoms with Gasteiger partial charge in [-0.1, -0.05) is 0 Å². The van der Waals surface area contributed by atoms with Crippen molar-refractivity contribution in [3.63, 3.8) is 0 Å². The van der Waals surface area contributed by atoms with Crippen LogP contribution in [0, 0.1) is 0 Å². The Labute approximate surface area is 182 Å². The summed E-state index contributed by atoms with van der Waals surface area (Å²) in [5.41, 5.74) is 3.06. The van der Waals surface area contributed by atoms with Crippen LogP contribution in [-0.2, 0) is 12.2 Å². The van der Waals surface area contributed by atoms with Crippen molar-refractivity contribution in [3.8, 4) is 22.7 Å². The van der Waals surface area contributed by atoms with Crippen molar-refractivity contribution in [3.05, 3.63) is 58.3 Å². The predicted octanol–water partition coefficient (Wildman–Crippen LogP) is 4.17. The molecule has 0 unspecified atom stereocenters. The van der Waals surface area contributed by atoms with Gasteiger partial charge in [0, 0.05) is 44.6 Å². The van der Waals surface area contributed by atoms with Gasteiger partial charge in [-0.05, 0) is 30.3 Å². The van der Waals surface area contributed by atoms with Crippen LogP contribution in [0.25, 0.3) is 16.9 Å². The number of anilines is 1. The number of fused-ring (bicyclic) bond motifs is 3. The van der Waals surface area contributed by atoms with Crippen LogP contribution < -0.4 is 15.2 Å². The minimum atomic E-state index is -2.49. The number of alkyl halides is 2. The van der Waals surface area contributed by atoms with Crippen molar-refractivity contribution < 1.29 is 13.5 Å². The molecule has 0 spiro atoms. The topological polar surface area (TPSA) is 60.3 Å². The van der Waals surface area contributed by atoms with Crippen molar-refractivity contribution in [2.45, 2.75) is 30.0 Å². The molecule has 2 aromatic heterocycles. The molecule has 0 N–H and O–H groups in total. The predicted molar refractivity (Wildman–Crippen MR) is 118 cm³/mol. The maximum atomic E-state index is 13.6. The lowest BCUT2D eigenvalue weighted by molar-refractivity contribution is 0.137. The molecule has 9 heteroatoms. The monoisotopic (exact) mass is 444 g/mol. The number of thioether (sulfide) groups is 1. The molecule has 162 valence electrons. The number of ether oxygens (including phenoxy) is 1. The lowest BCUT2D eigenvalue weighted by Crippen LogP contribution is -2.29. The third-order valence-electron chi connectivity index (χ3n) is 5.13. The van der Waals surface area contributed by atoms with E-state index >= 15 is 0 Å². The molecule has 0 atom stereocenters. The van der Waals surface area contributed by atoms with E-state index in [0.717, 1.165) is 16.3 Å². The number of aryl methyl sites for hydroxylation is 1. The standard InChI is InChI=1S/C22H22F2N4O2S/c1-27(2)16-10-11-25-21-19(16)20-15(12-31-21)22(29)28(18(26-20)9-8-17(23)24)13-4-6-14(30-3)7-5-13/h4-7,10-11,17H,8-9,12H2,1-3H3. The van der Waals surface area contributed by atoms with Gasteiger partial charge in [-0.25, -0.2) is 18.7 Å². The van der Waals surface area contributed by atoms with Gasteiger partial charge in [-0.3, -0.25) is 9.36 Å². The molecule has 31 heavy (non-hydrogen) atoms. The van der Waals surface area contributed by atoms with Crippen LogP contribution in [0.3, 0.4) is 0 Å². The second kappa shape index (κ2) is 8.66. The van der Waals surface area contributed by atoms with Crippen LogP contribution in [0.2, 0.25) is 0 Å². The van der Waals surface area contributed by atoms with Crippen LogP contribution in [0.1, 0.15) is 17.8 Å². The van der Waals surface area contributed by atoms with Gasteiger partial charge in [0.25, 0.3) is 5.56 Å². The maximum Gasteiger partial charge on any atom is 0.262 e. The smallest absolute Gasteiger partial charge is 0.262 e. The quantitative estimate of drug-likeness (QED) is 0.569. The normalized spacial score (nSPS) is 12.5. The third-order valence-corrected chi connectivity index (χ3v) is 6.14. The van der Waals surface area contributed by atoms with Crippen LogP contribution in [0.15, 0.2) is 46.3 Å². The zero-order valence-electron chi connectivity index (χ0n) is 17.4. The molecule has 1 aliphatic rings. The number of rotatable bonds is 6. The number of halogens is 2. The van der Waals surface area contributed by atoms with Crippen LogP contribution in [0.4, 0.5) is 14.5 Å². The largest absolute Gasteiger partial charge is 0.497 e. The van der Waals surface area contributed by atoms with Gasteiger partial charge in [-0.2, -0.15) is 0 Å². The summed E-state index contributed by atoms with van der Waals surface area (Å²) in [7, 11) is 5.37. The van der Waals surface area contributed by atoms with Gasteiger partial charge in [-0.15, -0.1) is 11.8 Å². The van der Waals surface area contributed by atoms with Gasteiger partial charge in [0.05, 0.1) is 29.6 Å². The fraction of sp³-hybridized carbons (Fsp3) is 0.318. The Bertz CT molecular complexity index is 1160. The van der Waals surface area contributed by atoms with Crippen molar-refractivity contribution in [1.29, 1.82) is 0 Å². The average molecular weight is 445 g/mol. The highest BCUT2D eigenvalue weighted by atomic mass is 32.2. The Morgan fingerprint density at radius 1 is 1.23 bits per heavy atom. The maximum absolute atomic E-state index is 13.6. The second-order valence-corrected chi connectivity index (χ2v) is 8.28. The molecule has 0 saturated carbocycles. The molecular formula is C22H22F2N4O2S. The zero-order valence-corrected chi connectivity index (χ0v) is 18.2. The molecule has 0 aliphatic carbocycles. The Morgan fingerprint density at radius 3 is 2.61 bits per heavy atom. The fourth-order valence-corrected chi connectivity index (χ4v) is 4.64. The summed E-state index contributed by atoms with van der Waals surface area (Å²) in [5.74, 6) is 1.37. The summed E-state index contributed by atoms with van der Waals surface area (Å²) >= 11 is 1.48. The minimum Gasteiger partial charge on any atom is -0.497 e. The molecule has 1 aliphatic heterocycles. The Hall–Kier alpha value is -2.94. The van der Waals surface area contributed by atoms with E-state index in [4.69, 9.17) is 9.72 Å². The molecular weight excluding hydrogens is 422 g/mol. The number of nitrogens with zero attached hydrogens (tertiary/aromatic N) is 4. The first kappa shape index (κ1) is 21.3. The molecule has 3 heterocycles. The van der Waals surface area contributed by atoms with Gasteiger partial charge < -0.3 is 9.64 Å². The summed E-state index contributed by atoms with van der Waals surface area (Å²) in [5, 5.41) is 0.785. The number of pyridine rings is 1. The van der Waals surface area contributed by atoms with Crippen molar-refractivity contribution >= 4 is 17.4 Å². The highest BCUT2D eigenvalue weighted by molar-refractivity contribution is 7.98. The Kier molecular flexibility index (Phi) is 5.95. The Morgan fingerprint density at radius 2 is 1.97 bits per heavy atom. The molecule has 0 bridgehead atoms. The van der Waals surface area contributed by atoms with Crippen LogP contribution in [0.5, 0.6) is 5.75 Å². The molecule has 0 fully saturated rings. The molecule has 3 aromatic rings. The first-order valence-corrected chi connectivity index (χ1v) is 10.8. The number of aromatic nitrogens is 3. The molecule has 0 radical (unpaired) electrons. The van der Waals surface area contributed by atoms with Gasteiger partial charge >= 0.3 is 0 Å². The van der Waals surface area contributed by atoms with Crippen molar-refractivity contribution in [1.82, 2.24) is 14.5 Å². The zero-order chi connectivity index (χ0) is 22.1. The average Bonchev–Trinajstić information content (AvgIpc) is 2.77. The lowest BCUT2D eigenvalue weighted by atomic mass is 10.1. The minimum absolute atomic E-state index is 0.0216. The summed E-state index contributed by atoms with van der Waals surface area (Å²) in [6.45, 7) is 0. The van der Waals surface area contributed by atoms with Gasteiger partial charge in [0.15, 0.2) is 0 Å². The summed E-state index contributed by atoms with van der Waals surface area (Å²) in [4.78, 5) is 24.7. The molecule has 6 nitrogen and oxygen atoms in total. The lowest BCUT2D eigenvalue weighted by Gasteiger charge is -2.25. The first-order valence-electron chi connectivity index (χ1n) is 9.77. The van der Waals surface area contributed by atoms with E-state index in [1.807, 2.05) is 25.1 Å².